The summed E-state index contributed by atoms with van der Waals surface area (Å²) < 4.78 is 1.37. The van der Waals surface area contributed by atoms with Crippen molar-refractivity contribution in [3.8, 4) is 0 Å². The van der Waals surface area contributed by atoms with Crippen LogP contribution in [0.5, 0.6) is 0 Å². The molecule has 0 rings (SSSR count). The predicted octanol–water partition coefficient (Wildman–Crippen LogP) is 3.85. The van der Waals surface area contributed by atoms with E-state index in [0.29, 0.717) is 0 Å². The average molecular weight is 248 g/mol. The van der Waals surface area contributed by atoms with Crippen molar-refractivity contribution in [1.29, 1.82) is 0 Å². The Kier molecular flexibility index (Phi) is 5.69. The molecule has 0 unspecified atom stereocenters. The van der Waals surface area contributed by atoms with Crippen LogP contribution in [0.15, 0.2) is 34.0 Å². The standard InChI is InChI=1S/C9H13I/c1-4-9(10)7-5-6-8(2)3/h5-7H,2,4H2,1,3H3/b6-5-,9-7+. The van der Waals surface area contributed by atoms with Gasteiger partial charge in [0.05, 0.1) is 0 Å². The Labute approximate surface area is 76.9 Å². The minimum absolute atomic E-state index is 1.09. The van der Waals surface area contributed by atoms with Crippen LogP contribution in [0, 0.1) is 0 Å². The van der Waals surface area contributed by atoms with E-state index in [9.17, 15) is 0 Å². The van der Waals surface area contributed by atoms with Gasteiger partial charge in [-0.15, -0.1) is 0 Å². The summed E-state index contributed by atoms with van der Waals surface area (Å²) in [5.41, 5.74) is 1.09. The fraction of sp³-hybridized carbons (Fsp3) is 0.333. The third-order valence-electron chi connectivity index (χ3n) is 0.996. The van der Waals surface area contributed by atoms with Crippen molar-refractivity contribution in [3.05, 3.63) is 34.0 Å². The lowest BCUT2D eigenvalue weighted by molar-refractivity contribution is 1.21. The van der Waals surface area contributed by atoms with E-state index in [-0.39, 0.29) is 0 Å². The van der Waals surface area contributed by atoms with Crippen LogP contribution in [0.3, 0.4) is 0 Å². The first-order valence-electron chi connectivity index (χ1n) is 3.35. The number of halogens is 1. The molecule has 1 heteroatoms. The minimum Gasteiger partial charge on any atom is -0.0961 e. The first-order chi connectivity index (χ1) is 4.66. The zero-order valence-corrected chi connectivity index (χ0v) is 8.68. The maximum absolute atomic E-state index is 3.76. The van der Waals surface area contributed by atoms with Gasteiger partial charge in [-0.3, -0.25) is 0 Å². The normalized spacial score (nSPS) is 12.5. The molecule has 0 aliphatic heterocycles. The van der Waals surface area contributed by atoms with E-state index in [2.05, 4.69) is 42.2 Å². The van der Waals surface area contributed by atoms with Crippen LogP contribution in [0.4, 0.5) is 0 Å². The molecule has 0 bridgehead atoms. The highest BCUT2D eigenvalue weighted by Gasteiger charge is 1.79. The van der Waals surface area contributed by atoms with Gasteiger partial charge >= 0.3 is 0 Å². The molecule has 0 N–H and O–H groups in total. The van der Waals surface area contributed by atoms with Crippen LogP contribution in [0.1, 0.15) is 20.3 Å². The molecule has 0 spiro atoms. The van der Waals surface area contributed by atoms with Gasteiger partial charge in [0.1, 0.15) is 0 Å². The SMILES string of the molecule is C=C(C)/C=C\C=C(\I)CC. The molecule has 0 aliphatic carbocycles. The molecule has 0 aromatic carbocycles. The van der Waals surface area contributed by atoms with Crippen LogP contribution in [-0.2, 0) is 0 Å². The third kappa shape index (κ3) is 6.08. The van der Waals surface area contributed by atoms with Gasteiger partial charge in [-0.1, -0.05) is 37.3 Å². The summed E-state index contributed by atoms with van der Waals surface area (Å²) in [7, 11) is 0. The molecule has 0 aromatic rings. The van der Waals surface area contributed by atoms with Crippen molar-refractivity contribution in [2.24, 2.45) is 0 Å². The summed E-state index contributed by atoms with van der Waals surface area (Å²) in [4.78, 5) is 0. The summed E-state index contributed by atoms with van der Waals surface area (Å²) in [5, 5.41) is 0. The van der Waals surface area contributed by atoms with Crippen molar-refractivity contribution in [2.75, 3.05) is 0 Å². The number of hydrogen-bond acceptors (Lipinski definition) is 0. The maximum atomic E-state index is 3.76. The second kappa shape index (κ2) is 5.71. The summed E-state index contributed by atoms with van der Waals surface area (Å²) >= 11 is 2.33. The highest BCUT2D eigenvalue weighted by molar-refractivity contribution is 14.1. The van der Waals surface area contributed by atoms with E-state index in [4.69, 9.17) is 0 Å². The molecule has 0 nitrogen and oxygen atoms in total. The van der Waals surface area contributed by atoms with Gasteiger partial charge in [0.25, 0.3) is 0 Å². The summed E-state index contributed by atoms with van der Waals surface area (Å²) in [6.07, 6.45) is 7.26. The lowest BCUT2D eigenvalue weighted by Crippen LogP contribution is -1.63. The zero-order valence-electron chi connectivity index (χ0n) is 6.52. The third-order valence-corrected chi connectivity index (χ3v) is 2.12. The quantitative estimate of drug-likeness (QED) is 0.525. The number of rotatable bonds is 3. The van der Waals surface area contributed by atoms with Crippen LogP contribution >= 0.6 is 22.6 Å². The van der Waals surface area contributed by atoms with Gasteiger partial charge in [0.15, 0.2) is 0 Å². The largest absolute Gasteiger partial charge is 0.0961 e. The summed E-state index contributed by atoms with van der Waals surface area (Å²) in [6, 6.07) is 0. The Hall–Kier alpha value is -0.0500. The highest BCUT2D eigenvalue weighted by atomic mass is 127. The Morgan fingerprint density at radius 2 is 2.20 bits per heavy atom. The lowest BCUT2D eigenvalue weighted by atomic mass is 10.3. The molecule has 0 aliphatic rings. The van der Waals surface area contributed by atoms with Crippen LogP contribution < -0.4 is 0 Å². The summed E-state index contributed by atoms with van der Waals surface area (Å²) in [6.45, 7) is 7.89. The Morgan fingerprint density at radius 3 is 2.60 bits per heavy atom. The van der Waals surface area contributed by atoms with Gasteiger partial charge in [0, 0.05) is 0 Å². The minimum atomic E-state index is 1.09. The van der Waals surface area contributed by atoms with E-state index < -0.39 is 0 Å². The van der Waals surface area contributed by atoms with Gasteiger partial charge in [-0.25, -0.2) is 0 Å². The van der Waals surface area contributed by atoms with E-state index in [0.717, 1.165) is 12.0 Å². The van der Waals surface area contributed by atoms with Gasteiger partial charge in [0.2, 0.25) is 0 Å². The smallest absolute Gasteiger partial charge is 0.00968 e. The van der Waals surface area contributed by atoms with Crippen LogP contribution in [-0.4, -0.2) is 0 Å². The van der Waals surface area contributed by atoms with Crippen molar-refractivity contribution in [1.82, 2.24) is 0 Å². The first kappa shape index (κ1) is 9.95. The molecule has 0 radical (unpaired) electrons. The Bertz CT molecular complexity index is 164. The van der Waals surface area contributed by atoms with Crippen molar-refractivity contribution in [3.63, 3.8) is 0 Å². The van der Waals surface area contributed by atoms with E-state index >= 15 is 0 Å². The molecule has 56 valence electrons. The van der Waals surface area contributed by atoms with Gasteiger partial charge in [-0.2, -0.15) is 0 Å². The molecule has 0 atom stereocenters. The van der Waals surface area contributed by atoms with E-state index in [1.54, 1.807) is 0 Å². The molecule has 10 heavy (non-hydrogen) atoms. The van der Waals surface area contributed by atoms with Crippen molar-refractivity contribution in [2.45, 2.75) is 20.3 Å². The molecule has 0 saturated carbocycles. The highest BCUT2D eigenvalue weighted by Crippen LogP contribution is 2.09. The second-order valence-corrected chi connectivity index (χ2v) is 3.56. The van der Waals surface area contributed by atoms with Crippen LogP contribution in [0.2, 0.25) is 0 Å². The first-order valence-corrected chi connectivity index (χ1v) is 4.43. The van der Waals surface area contributed by atoms with Crippen molar-refractivity contribution < 1.29 is 0 Å². The van der Waals surface area contributed by atoms with Crippen LogP contribution in [0.25, 0.3) is 0 Å². The zero-order chi connectivity index (χ0) is 7.98. The molecule has 0 fully saturated rings. The van der Waals surface area contributed by atoms with E-state index in [1.807, 2.05) is 19.1 Å². The lowest BCUT2D eigenvalue weighted by Gasteiger charge is -1.86. The molecular formula is C9H13I. The molecule has 0 aromatic heterocycles. The molecular weight excluding hydrogens is 235 g/mol. The Morgan fingerprint density at radius 1 is 1.60 bits per heavy atom. The van der Waals surface area contributed by atoms with Gasteiger partial charge < -0.3 is 0 Å². The monoisotopic (exact) mass is 248 g/mol. The fourth-order valence-corrected chi connectivity index (χ4v) is 0.642. The topological polar surface area (TPSA) is 0 Å². The maximum Gasteiger partial charge on any atom is -0.00968 e. The van der Waals surface area contributed by atoms with E-state index in [1.165, 1.54) is 3.58 Å². The molecule has 0 heterocycles. The Balaban J connectivity index is 3.82. The average Bonchev–Trinajstić information content (AvgIpc) is 1.87. The molecule has 0 amide bonds. The van der Waals surface area contributed by atoms with Crippen molar-refractivity contribution >= 4 is 22.6 Å². The fourth-order valence-electron chi connectivity index (χ4n) is 0.435. The summed E-state index contributed by atoms with van der Waals surface area (Å²) in [5.74, 6) is 0. The second-order valence-electron chi connectivity index (χ2n) is 2.17. The number of hydrogen-bond donors (Lipinski definition) is 0. The number of allylic oxidation sites excluding steroid dienone is 5. The predicted molar refractivity (Wildman–Crippen MR) is 56.3 cm³/mol. The molecule has 0 saturated heterocycles. The van der Waals surface area contributed by atoms with Gasteiger partial charge in [-0.05, 0) is 39.5 Å².